The Hall–Kier alpha value is -1.35. The molecule has 0 aliphatic heterocycles. The quantitative estimate of drug-likeness (QED) is 0.749. The number of benzene rings is 1. The third kappa shape index (κ3) is 4.03. The fourth-order valence-electron chi connectivity index (χ4n) is 1.30. The van der Waals surface area contributed by atoms with Crippen LogP contribution in [0.2, 0.25) is 0 Å². The zero-order valence-corrected chi connectivity index (χ0v) is 9.85. The first-order chi connectivity index (χ1) is 7.65. The SMILES string of the molecule is C=C(CC)COc1cc(F)cc(CNC)c1. The van der Waals surface area contributed by atoms with Crippen LogP contribution in [-0.4, -0.2) is 13.7 Å². The summed E-state index contributed by atoms with van der Waals surface area (Å²) in [5.41, 5.74) is 1.87. The van der Waals surface area contributed by atoms with E-state index in [0.717, 1.165) is 17.6 Å². The summed E-state index contributed by atoms with van der Waals surface area (Å²) < 4.78 is 18.7. The molecule has 0 spiro atoms. The molecule has 16 heavy (non-hydrogen) atoms. The molecule has 0 saturated heterocycles. The number of hydrogen-bond donors (Lipinski definition) is 1. The molecule has 1 aromatic rings. The minimum atomic E-state index is -0.273. The number of halogens is 1. The van der Waals surface area contributed by atoms with E-state index >= 15 is 0 Å². The predicted molar refractivity (Wildman–Crippen MR) is 64.1 cm³/mol. The van der Waals surface area contributed by atoms with E-state index in [0.29, 0.717) is 18.9 Å². The zero-order valence-electron chi connectivity index (χ0n) is 9.85. The van der Waals surface area contributed by atoms with Gasteiger partial charge in [0.25, 0.3) is 0 Å². The summed E-state index contributed by atoms with van der Waals surface area (Å²) in [5.74, 6) is 0.282. The minimum Gasteiger partial charge on any atom is -0.489 e. The number of rotatable bonds is 6. The summed E-state index contributed by atoms with van der Waals surface area (Å²) >= 11 is 0. The molecular weight excluding hydrogens is 205 g/mol. The average molecular weight is 223 g/mol. The maximum atomic E-state index is 13.2. The monoisotopic (exact) mass is 223 g/mol. The second-order valence-corrected chi connectivity index (χ2v) is 3.72. The van der Waals surface area contributed by atoms with Crippen molar-refractivity contribution in [1.82, 2.24) is 5.32 Å². The largest absolute Gasteiger partial charge is 0.489 e. The number of nitrogens with one attached hydrogen (secondary N) is 1. The highest BCUT2D eigenvalue weighted by Crippen LogP contribution is 2.17. The van der Waals surface area contributed by atoms with Crippen molar-refractivity contribution >= 4 is 0 Å². The molecule has 1 aromatic carbocycles. The Bertz CT molecular complexity index is 363. The van der Waals surface area contributed by atoms with Crippen LogP contribution < -0.4 is 10.1 Å². The molecule has 0 amide bonds. The van der Waals surface area contributed by atoms with Crippen molar-refractivity contribution in [2.45, 2.75) is 19.9 Å². The Morgan fingerprint density at radius 3 is 2.81 bits per heavy atom. The molecule has 0 unspecified atom stereocenters. The topological polar surface area (TPSA) is 21.3 Å². The average Bonchev–Trinajstić information content (AvgIpc) is 2.25. The highest BCUT2D eigenvalue weighted by Gasteiger charge is 2.02. The maximum Gasteiger partial charge on any atom is 0.127 e. The molecule has 0 aliphatic carbocycles. The van der Waals surface area contributed by atoms with Gasteiger partial charge in [0.2, 0.25) is 0 Å². The molecule has 0 atom stereocenters. The molecule has 3 heteroatoms. The van der Waals surface area contributed by atoms with E-state index in [4.69, 9.17) is 4.74 Å². The molecule has 88 valence electrons. The number of hydrogen-bond acceptors (Lipinski definition) is 2. The van der Waals surface area contributed by atoms with E-state index in [2.05, 4.69) is 11.9 Å². The third-order valence-electron chi connectivity index (χ3n) is 2.25. The lowest BCUT2D eigenvalue weighted by Crippen LogP contribution is -2.06. The smallest absolute Gasteiger partial charge is 0.127 e. The Labute approximate surface area is 96.1 Å². The minimum absolute atomic E-state index is 0.273. The molecule has 0 heterocycles. The highest BCUT2D eigenvalue weighted by molar-refractivity contribution is 5.29. The molecule has 1 N–H and O–H groups in total. The van der Waals surface area contributed by atoms with E-state index in [1.165, 1.54) is 12.1 Å². The second-order valence-electron chi connectivity index (χ2n) is 3.72. The van der Waals surface area contributed by atoms with Crippen LogP contribution >= 0.6 is 0 Å². The molecular formula is C13H18FNO. The first kappa shape index (κ1) is 12.7. The summed E-state index contributed by atoms with van der Waals surface area (Å²) in [7, 11) is 1.82. The number of ether oxygens (including phenoxy) is 1. The van der Waals surface area contributed by atoms with E-state index in [9.17, 15) is 4.39 Å². The molecule has 1 rings (SSSR count). The van der Waals surface area contributed by atoms with Crippen LogP contribution in [0.3, 0.4) is 0 Å². The van der Waals surface area contributed by atoms with Gasteiger partial charge in [-0.15, -0.1) is 0 Å². The molecule has 0 fully saturated rings. The first-order valence-corrected chi connectivity index (χ1v) is 5.39. The van der Waals surface area contributed by atoms with Gasteiger partial charge >= 0.3 is 0 Å². The van der Waals surface area contributed by atoms with Crippen LogP contribution in [-0.2, 0) is 6.54 Å². The Kier molecular flexibility index (Phi) is 4.99. The maximum absolute atomic E-state index is 13.2. The van der Waals surface area contributed by atoms with Crippen molar-refractivity contribution in [2.75, 3.05) is 13.7 Å². The first-order valence-electron chi connectivity index (χ1n) is 5.39. The van der Waals surface area contributed by atoms with Gasteiger partial charge in [-0.25, -0.2) is 4.39 Å². The van der Waals surface area contributed by atoms with Crippen LogP contribution in [0.1, 0.15) is 18.9 Å². The van der Waals surface area contributed by atoms with Crippen LogP contribution in [0.5, 0.6) is 5.75 Å². The van der Waals surface area contributed by atoms with Gasteiger partial charge in [0.1, 0.15) is 18.2 Å². The van der Waals surface area contributed by atoms with Gasteiger partial charge in [0, 0.05) is 12.6 Å². The van der Waals surface area contributed by atoms with Gasteiger partial charge in [0.05, 0.1) is 0 Å². The van der Waals surface area contributed by atoms with Gasteiger partial charge in [-0.1, -0.05) is 13.5 Å². The molecule has 0 bridgehead atoms. The molecule has 0 aromatic heterocycles. The van der Waals surface area contributed by atoms with E-state index < -0.39 is 0 Å². The summed E-state index contributed by atoms with van der Waals surface area (Å²) in [6.45, 7) is 6.93. The fourth-order valence-corrected chi connectivity index (χ4v) is 1.30. The fraction of sp³-hybridized carbons (Fsp3) is 0.385. The second kappa shape index (κ2) is 6.28. The van der Waals surface area contributed by atoms with Gasteiger partial charge in [-0.2, -0.15) is 0 Å². The predicted octanol–water partition coefficient (Wildman–Crippen LogP) is 2.89. The summed E-state index contributed by atoms with van der Waals surface area (Å²) in [6.07, 6.45) is 0.874. The summed E-state index contributed by atoms with van der Waals surface area (Å²) in [6, 6.07) is 4.72. The van der Waals surface area contributed by atoms with Crippen molar-refractivity contribution in [3.8, 4) is 5.75 Å². The zero-order chi connectivity index (χ0) is 12.0. The van der Waals surface area contributed by atoms with Crippen molar-refractivity contribution in [1.29, 1.82) is 0 Å². The van der Waals surface area contributed by atoms with Gasteiger partial charge < -0.3 is 10.1 Å². The molecule has 2 nitrogen and oxygen atoms in total. The molecule has 0 saturated carbocycles. The lowest BCUT2D eigenvalue weighted by molar-refractivity contribution is 0.346. The van der Waals surface area contributed by atoms with Gasteiger partial charge in [0.15, 0.2) is 0 Å². The van der Waals surface area contributed by atoms with Crippen molar-refractivity contribution < 1.29 is 9.13 Å². The van der Waals surface area contributed by atoms with Crippen LogP contribution in [0.15, 0.2) is 30.4 Å². The molecule has 0 aliphatic rings. The van der Waals surface area contributed by atoms with E-state index in [-0.39, 0.29) is 5.82 Å². The van der Waals surface area contributed by atoms with E-state index in [1.54, 1.807) is 0 Å². The third-order valence-corrected chi connectivity index (χ3v) is 2.25. The van der Waals surface area contributed by atoms with Gasteiger partial charge in [-0.05, 0) is 36.7 Å². The van der Waals surface area contributed by atoms with E-state index in [1.807, 2.05) is 20.0 Å². The van der Waals surface area contributed by atoms with Gasteiger partial charge in [-0.3, -0.25) is 0 Å². The van der Waals surface area contributed by atoms with Crippen molar-refractivity contribution in [2.24, 2.45) is 0 Å². The summed E-state index contributed by atoms with van der Waals surface area (Å²) in [4.78, 5) is 0. The van der Waals surface area contributed by atoms with Crippen LogP contribution in [0, 0.1) is 5.82 Å². The summed E-state index contributed by atoms with van der Waals surface area (Å²) in [5, 5.41) is 2.97. The highest BCUT2D eigenvalue weighted by atomic mass is 19.1. The lowest BCUT2D eigenvalue weighted by Gasteiger charge is -2.09. The normalized spacial score (nSPS) is 10.2. The standard InChI is InChI=1S/C13H18FNO/c1-4-10(2)9-16-13-6-11(8-15-3)5-12(14)7-13/h5-7,15H,2,4,8-9H2,1,3H3. The molecule has 0 radical (unpaired) electrons. The lowest BCUT2D eigenvalue weighted by atomic mass is 10.2. The van der Waals surface area contributed by atoms with Crippen molar-refractivity contribution in [3.05, 3.63) is 41.7 Å². The van der Waals surface area contributed by atoms with Crippen LogP contribution in [0.4, 0.5) is 4.39 Å². The Morgan fingerprint density at radius 2 is 2.19 bits per heavy atom. The Morgan fingerprint density at radius 1 is 1.44 bits per heavy atom. The Balaban J connectivity index is 2.68. The van der Waals surface area contributed by atoms with Crippen LogP contribution in [0.25, 0.3) is 0 Å². The van der Waals surface area contributed by atoms with Crippen molar-refractivity contribution in [3.63, 3.8) is 0 Å².